The topological polar surface area (TPSA) is 58.8 Å². The Hall–Kier alpha value is -2.47. The zero-order chi connectivity index (χ0) is 13.1. The van der Waals surface area contributed by atoms with Crippen LogP contribution < -0.4 is 5.43 Å². The summed E-state index contributed by atoms with van der Waals surface area (Å²) >= 11 is 1.56. The highest BCUT2D eigenvalue weighted by molar-refractivity contribution is 7.11. The van der Waals surface area contributed by atoms with Gasteiger partial charge >= 0.3 is 0 Å². The third kappa shape index (κ3) is 2.53. The third-order valence-electron chi connectivity index (χ3n) is 2.56. The Morgan fingerprint density at radius 1 is 1.42 bits per heavy atom. The summed E-state index contributed by atoms with van der Waals surface area (Å²) in [5.41, 5.74) is 3.76. The second-order valence-electron chi connectivity index (χ2n) is 3.82. The summed E-state index contributed by atoms with van der Waals surface area (Å²) < 4.78 is 1.84. The molecule has 1 amide bonds. The molecule has 5 nitrogen and oxygen atoms in total. The number of thiophene rings is 1. The number of aromatic nitrogens is 2. The zero-order valence-corrected chi connectivity index (χ0v) is 10.7. The maximum absolute atomic E-state index is 11.9. The van der Waals surface area contributed by atoms with E-state index in [9.17, 15) is 4.79 Å². The van der Waals surface area contributed by atoms with Crippen molar-refractivity contribution in [3.8, 4) is 0 Å². The Bertz CT molecular complexity index is 730. The van der Waals surface area contributed by atoms with E-state index in [1.165, 1.54) is 0 Å². The lowest BCUT2D eigenvalue weighted by Crippen LogP contribution is -2.17. The number of hydrogen-bond acceptors (Lipinski definition) is 4. The van der Waals surface area contributed by atoms with Crippen molar-refractivity contribution in [2.45, 2.75) is 0 Å². The maximum Gasteiger partial charge on any atom is 0.271 e. The van der Waals surface area contributed by atoms with E-state index < -0.39 is 0 Å². The minimum Gasteiger partial charge on any atom is -0.307 e. The van der Waals surface area contributed by atoms with Gasteiger partial charge in [-0.1, -0.05) is 6.07 Å². The molecule has 3 heterocycles. The molecule has 3 aromatic rings. The van der Waals surface area contributed by atoms with Crippen molar-refractivity contribution < 1.29 is 4.79 Å². The predicted molar refractivity (Wildman–Crippen MR) is 74.6 cm³/mol. The molecule has 0 aliphatic rings. The molecule has 3 rings (SSSR count). The summed E-state index contributed by atoms with van der Waals surface area (Å²) in [6, 6.07) is 7.30. The molecule has 0 saturated heterocycles. The molecule has 0 bridgehead atoms. The van der Waals surface area contributed by atoms with Gasteiger partial charge in [0.25, 0.3) is 5.91 Å². The van der Waals surface area contributed by atoms with E-state index in [1.807, 2.05) is 28.1 Å². The number of imidazole rings is 1. The van der Waals surface area contributed by atoms with Crippen molar-refractivity contribution in [2.24, 2.45) is 5.10 Å². The van der Waals surface area contributed by atoms with E-state index >= 15 is 0 Å². The fourth-order valence-electron chi connectivity index (χ4n) is 1.64. The average Bonchev–Trinajstić information content (AvgIpc) is 3.08. The number of hydrogen-bond donors (Lipinski definition) is 1. The molecule has 0 unspecified atom stereocenters. The van der Waals surface area contributed by atoms with Crippen LogP contribution in [0.3, 0.4) is 0 Å². The second-order valence-corrected chi connectivity index (χ2v) is 4.80. The van der Waals surface area contributed by atoms with Crippen LogP contribution in [0.25, 0.3) is 5.65 Å². The molecule has 0 radical (unpaired) electrons. The Kier molecular flexibility index (Phi) is 3.07. The van der Waals surface area contributed by atoms with E-state index in [0.29, 0.717) is 5.56 Å². The van der Waals surface area contributed by atoms with Gasteiger partial charge in [-0.05, 0) is 23.6 Å². The Morgan fingerprint density at radius 3 is 3.21 bits per heavy atom. The lowest BCUT2D eigenvalue weighted by Gasteiger charge is -2.00. The summed E-state index contributed by atoms with van der Waals surface area (Å²) in [5, 5.41) is 5.87. The van der Waals surface area contributed by atoms with Gasteiger partial charge in [0.1, 0.15) is 5.65 Å². The van der Waals surface area contributed by atoms with Crippen LogP contribution in [0, 0.1) is 0 Å². The first kappa shape index (κ1) is 11.6. The van der Waals surface area contributed by atoms with E-state index in [1.54, 1.807) is 42.1 Å². The molecular weight excluding hydrogens is 260 g/mol. The minimum atomic E-state index is -0.252. The van der Waals surface area contributed by atoms with Crippen LogP contribution in [0.15, 0.2) is 53.3 Å². The third-order valence-corrected chi connectivity index (χ3v) is 3.37. The Labute approximate surface area is 113 Å². The predicted octanol–water partition coefficient (Wildman–Crippen LogP) is 2.16. The number of nitrogens with zero attached hydrogens (tertiary/aromatic N) is 3. The van der Waals surface area contributed by atoms with Crippen molar-refractivity contribution in [3.05, 3.63) is 58.7 Å². The van der Waals surface area contributed by atoms with E-state index in [0.717, 1.165) is 10.5 Å². The largest absolute Gasteiger partial charge is 0.307 e. The average molecular weight is 270 g/mol. The number of nitrogens with one attached hydrogen (secondary N) is 1. The van der Waals surface area contributed by atoms with Crippen molar-refractivity contribution in [1.82, 2.24) is 14.8 Å². The lowest BCUT2D eigenvalue weighted by molar-refractivity contribution is 0.0955. The number of rotatable bonds is 3. The molecule has 94 valence electrons. The lowest BCUT2D eigenvalue weighted by atomic mass is 10.2. The van der Waals surface area contributed by atoms with Gasteiger partial charge in [-0.2, -0.15) is 5.10 Å². The molecule has 0 aromatic carbocycles. The monoisotopic (exact) mass is 270 g/mol. The molecule has 0 fully saturated rings. The SMILES string of the molecule is O=C(N/N=C/c1cccs1)c1ccn2ccnc2c1. The Morgan fingerprint density at radius 2 is 2.37 bits per heavy atom. The van der Waals surface area contributed by atoms with Crippen molar-refractivity contribution in [1.29, 1.82) is 0 Å². The quantitative estimate of drug-likeness (QED) is 0.585. The van der Waals surface area contributed by atoms with Crippen molar-refractivity contribution in [3.63, 3.8) is 0 Å². The van der Waals surface area contributed by atoms with Crippen molar-refractivity contribution in [2.75, 3.05) is 0 Å². The van der Waals surface area contributed by atoms with Crippen molar-refractivity contribution >= 4 is 29.1 Å². The molecule has 6 heteroatoms. The molecular formula is C13H10N4OS. The van der Waals surface area contributed by atoms with Crippen LogP contribution in [0.5, 0.6) is 0 Å². The highest BCUT2D eigenvalue weighted by Crippen LogP contribution is 2.06. The fraction of sp³-hybridized carbons (Fsp3) is 0. The van der Waals surface area contributed by atoms with Gasteiger partial charge in [0.2, 0.25) is 0 Å². The molecule has 0 saturated carbocycles. The first-order valence-electron chi connectivity index (χ1n) is 5.62. The first-order valence-corrected chi connectivity index (χ1v) is 6.50. The van der Waals surface area contributed by atoms with Crippen LogP contribution in [0.4, 0.5) is 0 Å². The smallest absolute Gasteiger partial charge is 0.271 e. The second kappa shape index (κ2) is 5.03. The van der Waals surface area contributed by atoms with Crippen LogP contribution in [-0.4, -0.2) is 21.5 Å². The number of carbonyl (C=O) groups excluding carboxylic acids is 1. The van der Waals surface area contributed by atoms with Gasteiger partial charge < -0.3 is 4.40 Å². The standard InChI is InChI=1S/C13H10N4OS/c18-13(16-15-9-11-2-1-7-19-11)10-3-5-17-6-4-14-12(17)8-10/h1-9H,(H,16,18)/b15-9+. The van der Waals surface area contributed by atoms with Gasteiger partial charge in [-0.25, -0.2) is 10.4 Å². The van der Waals surface area contributed by atoms with E-state index in [2.05, 4.69) is 15.5 Å². The van der Waals surface area contributed by atoms with Gasteiger partial charge in [-0.3, -0.25) is 4.79 Å². The van der Waals surface area contributed by atoms with Crippen LogP contribution in [-0.2, 0) is 0 Å². The maximum atomic E-state index is 11.9. The highest BCUT2D eigenvalue weighted by Gasteiger charge is 2.05. The molecule has 3 aromatic heterocycles. The summed E-state index contributed by atoms with van der Waals surface area (Å²) in [7, 11) is 0. The highest BCUT2D eigenvalue weighted by atomic mass is 32.1. The number of hydrazone groups is 1. The fourth-order valence-corrected chi connectivity index (χ4v) is 2.22. The summed E-state index contributed by atoms with van der Waals surface area (Å²) in [6.07, 6.45) is 6.93. The minimum absolute atomic E-state index is 0.252. The number of pyridine rings is 1. The van der Waals surface area contributed by atoms with Crippen LogP contribution in [0.2, 0.25) is 0 Å². The van der Waals surface area contributed by atoms with Gasteiger partial charge in [0.05, 0.1) is 6.21 Å². The number of carbonyl (C=O) groups is 1. The Balaban J connectivity index is 1.72. The first-order chi connectivity index (χ1) is 9.33. The zero-order valence-electron chi connectivity index (χ0n) is 9.85. The molecule has 0 atom stereocenters. The number of fused-ring (bicyclic) bond motifs is 1. The van der Waals surface area contributed by atoms with Crippen LogP contribution in [0.1, 0.15) is 15.2 Å². The van der Waals surface area contributed by atoms with Gasteiger partial charge in [-0.15, -0.1) is 11.3 Å². The van der Waals surface area contributed by atoms with Gasteiger partial charge in [0, 0.05) is 29.0 Å². The summed E-state index contributed by atoms with van der Waals surface area (Å²) in [5.74, 6) is -0.252. The number of amides is 1. The molecule has 0 aliphatic carbocycles. The normalized spacial score (nSPS) is 11.2. The summed E-state index contributed by atoms with van der Waals surface area (Å²) in [6.45, 7) is 0. The molecule has 0 spiro atoms. The molecule has 1 N–H and O–H groups in total. The molecule has 19 heavy (non-hydrogen) atoms. The molecule has 0 aliphatic heterocycles. The van der Waals surface area contributed by atoms with E-state index in [-0.39, 0.29) is 5.91 Å². The van der Waals surface area contributed by atoms with E-state index in [4.69, 9.17) is 0 Å². The van der Waals surface area contributed by atoms with Crippen LogP contribution >= 0.6 is 11.3 Å². The summed E-state index contributed by atoms with van der Waals surface area (Å²) in [4.78, 5) is 17.0. The van der Waals surface area contributed by atoms with Gasteiger partial charge in [0.15, 0.2) is 0 Å².